The molecule has 0 aromatic carbocycles. The second-order valence-electron chi connectivity index (χ2n) is 3.86. The minimum absolute atomic E-state index is 0.369. The molecule has 0 saturated carbocycles. The van der Waals surface area contributed by atoms with E-state index in [-0.39, 0.29) is 0 Å². The Balaban J connectivity index is 2.28. The van der Waals surface area contributed by atoms with Gasteiger partial charge in [-0.1, -0.05) is 18.6 Å². The maximum absolute atomic E-state index is 5.71. The first-order chi connectivity index (χ1) is 6.22. The first kappa shape index (κ1) is 10.7. The van der Waals surface area contributed by atoms with Crippen LogP contribution < -0.4 is 5.32 Å². The molecule has 2 nitrogen and oxygen atoms in total. The van der Waals surface area contributed by atoms with Crippen molar-refractivity contribution in [2.24, 2.45) is 0 Å². The Labute approximate surface area is 81.4 Å². The molecule has 0 bridgehead atoms. The molecule has 0 radical (unpaired) electrons. The smallest absolute Gasteiger partial charge is 0.0763 e. The lowest BCUT2D eigenvalue weighted by molar-refractivity contribution is 0.0828. The van der Waals surface area contributed by atoms with Crippen LogP contribution in [-0.4, -0.2) is 25.3 Å². The maximum Gasteiger partial charge on any atom is 0.0763 e. The van der Waals surface area contributed by atoms with Gasteiger partial charge in [0, 0.05) is 6.54 Å². The van der Waals surface area contributed by atoms with Gasteiger partial charge >= 0.3 is 0 Å². The molecule has 1 N–H and O–H groups in total. The molecule has 1 aliphatic rings. The molecule has 0 spiro atoms. The van der Waals surface area contributed by atoms with Crippen molar-refractivity contribution in [2.45, 2.75) is 45.8 Å². The van der Waals surface area contributed by atoms with E-state index in [9.17, 15) is 0 Å². The van der Waals surface area contributed by atoms with E-state index in [1.807, 2.05) is 0 Å². The summed E-state index contributed by atoms with van der Waals surface area (Å²) < 4.78 is 5.71. The highest BCUT2D eigenvalue weighted by Crippen LogP contribution is 2.20. The second kappa shape index (κ2) is 5.40. The molecule has 0 amide bonds. The number of hydrogen-bond acceptors (Lipinski definition) is 2. The van der Waals surface area contributed by atoms with Gasteiger partial charge in [-0.15, -0.1) is 0 Å². The lowest BCUT2D eigenvalue weighted by Gasteiger charge is -2.08. The SMILES string of the molecule is CCNCC(C)=CC1CCC(C)O1. The first-order valence-electron chi connectivity index (χ1n) is 5.26. The molecule has 0 aromatic heterocycles. The van der Waals surface area contributed by atoms with Crippen molar-refractivity contribution in [1.82, 2.24) is 5.32 Å². The molecule has 1 heterocycles. The van der Waals surface area contributed by atoms with Crippen LogP contribution in [0.15, 0.2) is 11.6 Å². The van der Waals surface area contributed by atoms with Gasteiger partial charge in [-0.05, 0) is 33.2 Å². The molecule has 0 aliphatic carbocycles. The van der Waals surface area contributed by atoms with E-state index >= 15 is 0 Å². The summed E-state index contributed by atoms with van der Waals surface area (Å²) in [5, 5.41) is 3.31. The number of hydrogen-bond donors (Lipinski definition) is 1. The Morgan fingerprint density at radius 3 is 2.85 bits per heavy atom. The average Bonchev–Trinajstić information content (AvgIpc) is 2.48. The zero-order valence-corrected chi connectivity index (χ0v) is 8.97. The van der Waals surface area contributed by atoms with Crippen molar-refractivity contribution >= 4 is 0 Å². The lowest BCUT2D eigenvalue weighted by atomic mass is 10.1. The maximum atomic E-state index is 5.71. The topological polar surface area (TPSA) is 21.3 Å². The number of ether oxygens (including phenoxy) is 1. The molecule has 2 unspecified atom stereocenters. The summed E-state index contributed by atoms with van der Waals surface area (Å²) >= 11 is 0. The Morgan fingerprint density at radius 1 is 1.54 bits per heavy atom. The molecule has 1 fully saturated rings. The molecule has 2 atom stereocenters. The molecule has 1 aliphatic heterocycles. The van der Waals surface area contributed by atoms with Gasteiger partial charge in [-0.25, -0.2) is 0 Å². The highest BCUT2D eigenvalue weighted by Gasteiger charge is 2.19. The third kappa shape index (κ3) is 3.92. The van der Waals surface area contributed by atoms with Gasteiger partial charge in [0.2, 0.25) is 0 Å². The van der Waals surface area contributed by atoms with Crippen LogP contribution in [0.3, 0.4) is 0 Å². The second-order valence-corrected chi connectivity index (χ2v) is 3.86. The van der Waals surface area contributed by atoms with Gasteiger partial charge in [0.1, 0.15) is 0 Å². The summed E-state index contributed by atoms with van der Waals surface area (Å²) in [6, 6.07) is 0. The summed E-state index contributed by atoms with van der Waals surface area (Å²) in [5.74, 6) is 0. The molecule has 1 saturated heterocycles. The van der Waals surface area contributed by atoms with E-state index in [0.29, 0.717) is 12.2 Å². The monoisotopic (exact) mass is 183 g/mol. The van der Waals surface area contributed by atoms with Gasteiger partial charge < -0.3 is 10.1 Å². The number of rotatable bonds is 4. The van der Waals surface area contributed by atoms with Crippen molar-refractivity contribution in [2.75, 3.05) is 13.1 Å². The average molecular weight is 183 g/mol. The molecule has 1 rings (SSSR count). The van der Waals surface area contributed by atoms with Crippen LogP contribution >= 0.6 is 0 Å². The Kier molecular flexibility index (Phi) is 4.46. The standard InChI is InChI=1S/C11H21NO/c1-4-12-8-9(2)7-11-6-5-10(3)13-11/h7,10-12H,4-6,8H2,1-3H3. The minimum Gasteiger partial charge on any atom is -0.371 e. The highest BCUT2D eigenvalue weighted by molar-refractivity contribution is 5.05. The molecule has 76 valence electrons. The van der Waals surface area contributed by atoms with Gasteiger partial charge in [-0.3, -0.25) is 0 Å². The van der Waals surface area contributed by atoms with Crippen LogP contribution in [0, 0.1) is 0 Å². The van der Waals surface area contributed by atoms with E-state index in [1.165, 1.54) is 18.4 Å². The van der Waals surface area contributed by atoms with Crippen LogP contribution in [-0.2, 0) is 4.74 Å². The van der Waals surface area contributed by atoms with Crippen molar-refractivity contribution in [1.29, 1.82) is 0 Å². The number of nitrogens with one attached hydrogen (secondary N) is 1. The van der Waals surface area contributed by atoms with E-state index in [4.69, 9.17) is 4.74 Å². The summed E-state index contributed by atoms with van der Waals surface area (Å²) in [6.07, 6.45) is 5.47. The predicted octanol–water partition coefficient (Wildman–Crippen LogP) is 2.11. The van der Waals surface area contributed by atoms with Crippen LogP contribution in [0.4, 0.5) is 0 Å². The first-order valence-corrected chi connectivity index (χ1v) is 5.26. The third-order valence-corrected chi connectivity index (χ3v) is 2.39. The van der Waals surface area contributed by atoms with Crippen molar-refractivity contribution in [3.63, 3.8) is 0 Å². The fraction of sp³-hybridized carbons (Fsp3) is 0.818. The fourth-order valence-electron chi connectivity index (χ4n) is 1.65. The largest absolute Gasteiger partial charge is 0.371 e. The molecule has 13 heavy (non-hydrogen) atoms. The van der Waals surface area contributed by atoms with E-state index < -0.39 is 0 Å². The predicted molar refractivity (Wildman–Crippen MR) is 55.9 cm³/mol. The molecule has 2 heteroatoms. The van der Waals surface area contributed by atoms with E-state index in [2.05, 4.69) is 32.2 Å². The number of likely N-dealkylation sites (N-methyl/N-ethyl adjacent to an activating group) is 1. The van der Waals surface area contributed by atoms with Crippen molar-refractivity contribution in [3.8, 4) is 0 Å². The zero-order valence-electron chi connectivity index (χ0n) is 8.97. The fourth-order valence-corrected chi connectivity index (χ4v) is 1.65. The van der Waals surface area contributed by atoms with Gasteiger partial charge in [0.15, 0.2) is 0 Å². The van der Waals surface area contributed by atoms with Crippen LogP contribution in [0.25, 0.3) is 0 Å². The highest BCUT2D eigenvalue weighted by atomic mass is 16.5. The van der Waals surface area contributed by atoms with Crippen LogP contribution in [0.1, 0.15) is 33.6 Å². The van der Waals surface area contributed by atoms with Gasteiger partial charge in [0.05, 0.1) is 12.2 Å². The van der Waals surface area contributed by atoms with Crippen molar-refractivity contribution < 1.29 is 4.74 Å². The summed E-state index contributed by atoms with van der Waals surface area (Å²) in [7, 11) is 0. The summed E-state index contributed by atoms with van der Waals surface area (Å²) in [6.45, 7) is 8.46. The summed E-state index contributed by atoms with van der Waals surface area (Å²) in [5.41, 5.74) is 1.39. The molecular formula is C11H21NO. The van der Waals surface area contributed by atoms with Gasteiger partial charge in [-0.2, -0.15) is 0 Å². The lowest BCUT2D eigenvalue weighted by Crippen LogP contribution is -2.16. The minimum atomic E-state index is 0.369. The Hall–Kier alpha value is -0.340. The molecular weight excluding hydrogens is 162 g/mol. The Bertz CT molecular complexity index is 177. The van der Waals surface area contributed by atoms with E-state index in [1.54, 1.807) is 0 Å². The van der Waals surface area contributed by atoms with E-state index in [0.717, 1.165) is 13.1 Å². The normalized spacial score (nSPS) is 29.6. The third-order valence-electron chi connectivity index (χ3n) is 2.39. The van der Waals surface area contributed by atoms with Gasteiger partial charge in [0.25, 0.3) is 0 Å². The summed E-state index contributed by atoms with van der Waals surface area (Å²) in [4.78, 5) is 0. The molecule has 0 aromatic rings. The zero-order chi connectivity index (χ0) is 9.68. The van der Waals surface area contributed by atoms with Crippen molar-refractivity contribution in [3.05, 3.63) is 11.6 Å². The quantitative estimate of drug-likeness (QED) is 0.674. The van der Waals surface area contributed by atoms with Crippen LogP contribution in [0.2, 0.25) is 0 Å². The Morgan fingerprint density at radius 2 is 2.31 bits per heavy atom. The van der Waals surface area contributed by atoms with Crippen LogP contribution in [0.5, 0.6) is 0 Å².